The third-order valence-electron chi connectivity index (χ3n) is 15.3. The van der Waals surface area contributed by atoms with E-state index in [4.69, 9.17) is 15.0 Å². The van der Waals surface area contributed by atoms with E-state index in [9.17, 15) is 0 Å². The topological polar surface area (TPSA) is 38.7 Å². The van der Waals surface area contributed by atoms with Crippen molar-refractivity contribution in [1.82, 2.24) is 15.0 Å². The molecule has 4 bridgehead atoms. The molecule has 1 aromatic heterocycles. The zero-order valence-electron chi connectivity index (χ0n) is 35.7. The molecule has 8 aromatic carbocycles. The number of nitrogens with zero attached hydrogens (tertiary/aromatic N) is 3. The Morgan fingerprint density at radius 3 is 1.22 bits per heavy atom. The Hall–Kier alpha value is -7.23. The third kappa shape index (κ3) is 6.13. The highest BCUT2D eigenvalue weighted by Crippen LogP contribution is 2.69. The van der Waals surface area contributed by atoms with Crippen molar-refractivity contribution in [2.75, 3.05) is 0 Å². The maximum atomic E-state index is 5.24. The molecule has 1 spiro atoms. The van der Waals surface area contributed by atoms with Gasteiger partial charge in [0.15, 0.2) is 17.5 Å². The second-order valence-corrected chi connectivity index (χ2v) is 18.8. The average Bonchev–Trinajstić information content (AvgIpc) is 3.65. The first-order valence-corrected chi connectivity index (χ1v) is 23.2. The molecule has 64 heavy (non-hydrogen) atoms. The van der Waals surface area contributed by atoms with Gasteiger partial charge in [-0.25, -0.2) is 15.0 Å². The fraction of sp³-hybridized carbons (Fsp3) is 0.164. The van der Waals surface area contributed by atoms with E-state index in [1.165, 1.54) is 76.6 Å². The lowest BCUT2D eigenvalue weighted by Crippen LogP contribution is -2.55. The van der Waals surface area contributed by atoms with Crippen LogP contribution < -0.4 is 0 Å². The van der Waals surface area contributed by atoms with Crippen LogP contribution in [-0.2, 0) is 5.41 Å². The van der Waals surface area contributed by atoms with Crippen molar-refractivity contribution in [2.45, 2.75) is 37.5 Å². The van der Waals surface area contributed by atoms with Gasteiger partial charge < -0.3 is 0 Å². The second kappa shape index (κ2) is 15.0. The maximum Gasteiger partial charge on any atom is 0.164 e. The lowest BCUT2D eigenvalue weighted by atomic mass is 9.43. The zero-order valence-corrected chi connectivity index (χ0v) is 35.7. The SMILES string of the molecule is c1ccc(-c2ccc(-c3cc(-c4ccc5c(c4)C4(c6ccc(-c7ccccc7)cc6-5)C5CC6CC(C5)CC4C6)cc(-c4nc(-c5ccccc5)nc(-c5ccccc5)n4)c3)cc2)cc1. The van der Waals surface area contributed by atoms with Gasteiger partial charge >= 0.3 is 0 Å². The van der Waals surface area contributed by atoms with Crippen LogP contribution in [-0.4, -0.2) is 15.0 Å². The van der Waals surface area contributed by atoms with Crippen molar-refractivity contribution in [2.24, 2.45) is 23.7 Å². The minimum absolute atomic E-state index is 0.0421. The van der Waals surface area contributed by atoms with Crippen molar-refractivity contribution in [3.63, 3.8) is 0 Å². The summed E-state index contributed by atoms with van der Waals surface area (Å²) in [4.78, 5) is 15.5. The normalized spacial score (nSPS) is 21.2. The molecule has 0 amide bonds. The Labute approximate surface area is 375 Å². The summed E-state index contributed by atoms with van der Waals surface area (Å²) in [7, 11) is 0. The predicted molar refractivity (Wildman–Crippen MR) is 261 cm³/mol. The molecule has 1 heterocycles. The number of hydrogen-bond donors (Lipinski definition) is 0. The summed E-state index contributed by atoms with van der Waals surface area (Å²) in [5.74, 6) is 5.09. The van der Waals surface area contributed by atoms with Gasteiger partial charge in [0.25, 0.3) is 0 Å². The van der Waals surface area contributed by atoms with Crippen molar-refractivity contribution in [1.29, 1.82) is 0 Å². The van der Waals surface area contributed by atoms with Crippen LogP contribution in [0, 0.1) is 23.7 Å². The molecule has 5 aliphatic carbocycles. The number of rotatable bonds is 7. The van der Waals surface area contributed by atoms with E-state index >= 15 is 0 Å². The van der Waals surface area contributed by atoms with E-state index in [1.807, 2.05) is 36.4 Å². The van der Waals surface area contributed by atoms with Crippen LogP contribution in [0.3, 0.4) is 0 Å². The van der Waals surface area contributed by atoms with Crippen LogP contribution in [0.15, 0.2) is 200 Å². The van der Waals surface area contributed by atoms with Crippen LogP contribution in [0.1, 0.15) is 43.2 Å². The van der Waals surface area contributed by atoms with Gasteiger partial charge in [-0.1, -0.05) is 170 Å². The highest BCUT2D eigenvalue weighted by atomic mass is 15.0. The van der Waals surface area contributed by atoms with Crippen molar-refractivity contribution in [3.8, 4) is 89.8 Å². The first kappa shape index (κ1) is 37.3. The Morgan fingerprint density at radius 1 is 0.281 bits per heavy atom. The largest absolute Gasteiger partial charge is 0.208 e. The molecule has 0 unspecified atom stereocenters. The first-order valence-electron chi connectivity index (χ1n) is 23.2. The summed E-state index contributed by atoms with van der Waals surface area (Å²) in [6, 6.07) is 73.0. The predicted octanol–water partition coefficient (Wildman–Crippen LogP) is 15.3. The number of fused-ring (bicyclic) bond motifs is 3. The van der Waals surface area contributed by atoms with E-state index in [0.29, 0.717) is 29.3 Å². The molecule has 0 N–H and O–H groups in total. The molecule has 14 rings (SSSR count). The van der Waals surface area contributed by atoms with E-state index < -0.39 is 0 Å². The molecule has 5 aliphatic rings. The molecular formula is C61H47N3. The van der Waals surface area contributed by atoms with Gasteiger partial charge in [0, 0.05) is 22.1 Å². The molecule has 0 saturated heterocycles. The summed E-state index contributed by atoms with van der Waals surface area (Å²) in [6.45, 7) is 0. The van der Waals surface area contributed by atoms with Gasteiger partial charge in [0.2, 0.25) is 0 Å². The van der Waals surface area contributed by atoms with Crippen molar-refractivity contribution >= 4 is 0 Å². The van der Waals surface area contributed by atoms with Gasteiger partial charge in [-0.05, 0) is 153 Å². The monoisotopic (exact) mass is 821 g/mol. The molecule has 9 aromatic rings. The first-order chi connectivity index (χ1) is 31.6. The van der Waals surface area contributed by atoms with E-state index in [1.54, 1.807) is 11.1 Å². The minimum Gasteiger partial charge on any atom is -0.208 e. The smallest absolute Gasteiger partial charge is 0.164 e. The van der Waals surface area contributed by atoms with Gasteiger partial charge in [0.1, 0.15) is 0 Å². The van der Waals surface area contributed by atoms with Gasteiger partial charge in [-0.2, -0.15) is 0 Å². The van der Waals surface area contributed by atoms with Crippen molar-refractivity contribution < 1.29 is 0 Å². The average molecular weight is 822 g/mol. The number of aromatic nitrogens is 3. The lowest BCUT2D eigenvalue weighted by molar-refractivity contribution is -0.0399. The molecule has 0 radical (unpaired) electrons. The second-order valence-electron chi connectivity index (χ2n) is 18.8. The molecular weight excluding hydrogens is 775 g/mol. The van der Waals surface area contributed by atoms with E-state index in [0.717, 1.165) is 39.7 Å². The quantitative estimate of drug-likeness (QED) is 0.161. The molecule has 4 fully saturated rings. The van der Waals surface area contributed by atoms with E-state index in [-0.39, 0.29) is 5.41 Å². The van der Waals surface area contributed by atoms with Crippen LogP contribution >= 0.6 is 0 Å². The molecule has 4 saturated carbocycles. The molecule has 3 heteroatoms. The van der Waals surface area contributed by atoms with Gasteiger partial charge in [-0.15, -0.1) is 0 Å². The van der Waals surface area contributed by atoms with Crippen LogP contribution in [0.5, 0.6) is 0 Å². The van der Waals surface area contributed by atoms with E-state index in [2.05, 4.69) is 164 Å². The lowest BCUT2D eigenvalue weighted by Gasteiger charge is -2.61. The van der Waals surface area contributed by atoms with Crippen LogP contribution in [0.25, 0.3) is 89.8 Å². The summed E-state index contributed by atoms with van der Waals surface area (Å²) in [5, 5.41) is 0. The Balaban J connectivity index is 1.00. The molecule has 3 nitrogen and oxygen atoms in total. The third-order valence-corrected chi connectivity index (χ3v) is 15.3. The molecule has 0 aliphatic heterocycles. The molecule has 306 valence electrons. The Kier molecular flexibility index (Phi) is 8.72. The van der Waals surface area contributed by atoms with Crippen LogP contribution in [0.2, 0.25) is 0 Å². The zero-order chi connectivity index (χ0) is 42.2. The minimum atomic E-state index is 0.0421. The number of benzene rings is 8. The van der Waals surface area contributed by atoms with Crippen molar-refractivity contribution in [3.05, 3.63) is 211 Å². The Bertz CT molecular complexity index is 3110. The summed E-state index contributed by atoms with van der Waals surface area (Å²) in [5.41, 5.74) is 18.6. The van der Waals surface area contributed by atoms with Crippen LogP contribution in [0.4, 0.5) is 0 Å². The van der Waals surface area contributed by atoms with Gasteiger partial charge in [0.05, 0.1) is 0 Å². The molecule has 0 atom stereocenters. The summed E-state index contributed by atoms with van der Waals surface area (Å²) < 4.78 is 0. The Morgan fingerprint density at radius 2 is 0.672 bits per heavy atom. The standard InChI is InChI=1S/C61H47N3/c1-5-13-41(14-6-1)43-21-23-44(24-22-43)49-34-50(36-51(35-49)60-63-58(45-17-9-3-10-18-45)62-59(64-60)46-19-11-4-12-20-46)48-25-27-54-55-37-47(42-15-7-2-8-16-42)26-28-56(55)61(57(54)38-48)52-30-39-29-40(32-52)33-53(61)31-39/h1-28,34-40,52-53H,29-33H2. The van der Waals surface area contributed by atoms with Gasteiger partial charge in [-0.3, -0.25) is 0 Å². The fourth-order valence-electron chi connectivity index (χ4n) is 12.7. The summed E-state index contributed by atoms with van der Waals surface area (Å²) >= 11 is 0. The summed E-state index contributed by atoms with van der Waals surface area (Å²) in [6.07, 6.45) is 6.83. The number of hydrogen-bond acceptors (Lipinski definition) is 3. The highest BCUT2D eigenvalue weighted by Gasteiger charge is 2.61. The fourth-order valence-corrected chi connectivity index (χ4v) is 12.7. The highest BCUT2D eigenvalue weighted by molar-refractivity contribution is 5.89. The maximum absolute atomic E-state index is 5.24.